The second-order valence-electron chi connectivity index (χ2n) is 5.61. The van der Waals surface area contributed by atoms with E-state index in [4.69, 9.17) is 0 Å². The van der Waals surface area contributed by atoms with Gasteiger partial charge < -0.3 is 5.32 Å². The second-order valence-corrected chi connectivity index (χ2v) is 7.29. The van der Waals surface area contributed by atoms with Crippen LogP contribution in [0, 0.1) is 6.92 Å². The first kappa shape index (κ1) is 16.5. The summed E-state index contributed by atoms with van der Waals surface area (Å²) in [5.41, 5.74) is 2.56. The Hall–Kier alpha value is -1.85. The van der Waals surface area contributed by atoms with E-state index in [-0.39, 0.29) is 4.90 Å². The van der Waals surface area contributed by atoms with E-state index < -0.39 is 10.0 Å². The lowest BCUT2D eigenvalue weighted by molar-refractivity contribution is 0.589. The highest BCUT2D eigenvalue weighted by molar-refractivity contribution is 7.92. The molecule has 118 valence electrons. The molecule has 0 saturated heterocycles. The maximum Gasteiger partial charge on any atom is 0.261 e. The first-order valence-corrected chi connectivity index (χ1v) is 8.77. The molecule has 2 aromatic carbocycles. The van der Waals surface area contributed by atoms with Gasteiger partial charge in [-0.25, -0.2) is 8.42 Å². The van der Waals surface area contributed by atoms with Gasteiger partial charge in [0.1, 0.15) is 0 Å². The van der Waals surface area contributed by atoms with Gasteiger partial charge in [-0.3, -0.25) is 4.72 Å². The molecule has 2 aromatic rings. The Labute approximate surface area is 132 Å². The van der Waals surface area contributed by atoms with Crippen molar-refractivity contribution in [3.8, 4) is 0 Å². The maximum absolute atomic E-state index is 12.5. The van der Waals surface area contributed by atoms with E-state index in [1.54, 1.807) is 30.3 Å². The molecule has 0 atom stereocenters. The minimum absolute atomic E-state index is 0.268. The van der Waals surface area contributed by atoms with E-state index in [0.717, 1.165) is 11.1 Å². The number of rotatable bonds is 6. The smallest absolute Gasteiger partial charge is 0.261 e. The number of nitrogens with one attached hydrogen (secondary N) is 2. The number of hydrogen-bond donors (Lipinski definition) is 2. The summed E-state index contributed by atoms with van der Waals surface area (Å²) in [6.07, 6.45) is 0. The zero-order valence-corrected chi connectivity index (χ0v) is 13.9. The van der Waals surface area contributed by atoms with Crippen molar-refractivity contribution in [2.24, 2.45) is 0 Å². The van der Waals surface area contributed by atoms with E-state index in [1.807, 2.05) is 25.1 Å². The van der Waals surface area contributed by atoms with Crippen molar-refractivity contribution in [1.29, 1.82) is 0 Å². The van der Waals surface area contributed by atoms with Gasteiger partial charge >= 0.3 is 0 Å². The third-order valence-corrected chi connectivity index (χ3v) is 4.68. The minimum atomic E-state index is -3.57. The van der Waals surface area contributed by atoms with E-state index in [2.05, 4.69) is 23.9 Å². The van der Waals surface area contributed by atoms with E-state index in [0.29, 0.717) is 18.3 Å². The highest BCUT2D eigenvalue weighted by atomic mass is 32.2. The SMILES string of the molecule is Cc1ccc(S(=O)(=O)Nc2ccccc2CNC(C)C)cc1. The lowest BCUT2D eigenvalue weighted by Gasteiger charge is -2.14. The second kappa shape index (κ2) is 6.94. The molecule has 0 amide bonds. The molecule has 4 nitrogen and oxygen atoms in total. The van der Waals surface area contributed by atoms with Crippen molar-refractivity contribution in [3.05, 3.63) is 59.7 Å². The first-order chi connectivity index (χ1) is 10.4. The largest absolute Gasteiger partial charge is 0.310 e. The summed E-state index contributed by atoms with van der Waals surface area (Å²) >= 11 is 0. The fourth-order valence-electron chi connectivity index (χ4n) is 2.01. The van der Waals surface area contributed by atoms with Crippen LogP contribution < -0.4 is 10.0 Å². The quantitative estimate of drug-likeness (QED) is 0.859. The molecule has 2 rings (SSSR count). The van der Waals surface area contributed by atoms with Crippen molar-refractivity contribution in [2.75, 3.05) is 4.72 Å². The van der Waals surface area contributed by atoms with Gasteiger partial charge in [0.05, 0.1) is 10.6 Å². The van der Waals surface area contributed by atoms with Gasteiger partial charge in [0, 0.05) is 12.6 Å². The van der Waals surface area contributed by atoms with Crippen LogP contribution in [0.3, 0.4) is 0 Å². The fourth-order valence-corrected chi connectivity index (χ4v) is 3.11. The maximum atomic E-state index is 12.5. The third kappa shape index (κ3) is 4.32. The predicted molar refractivity (Wildman–Crippen MR) is 90.4 cm³/mol. The number of sulfonamides is 1. The summed E-state index contributed by atoms with van der Waals surface area (Å²) in [6, 6.07) is 14.6. The topological polar surface area (TPSA) is 58.2 Å². The van der Waals surface area contributed by atoms with E-state index in [1.165, 1.54) is 0 Å². The van der Waals surface area contributed by atoms with Crippen molar-refractivity contribution in [2.45, 2.75) is 38.3 Å². The number of anilines is 1. The molecule has 2 N–H and O–H groups in total. The molecular formula is C17H22N2O2S. The molecule has 0 aliphatic carbocycles. The molecule has 0 unspecified atom stereocenters. The minimum Gasteiger partial charge on any atom is -0.310 e. The van der Waals surface area contributed by atoms with Crippen LogP contribution >= 0.6 is 0 Å². The average molecular weight is 318 g/mol. The zero-order chi connectivity index (χ0) is 16.2. The highest BCUT2D eigenvalue weighted by Crippen LogP contribution is 2.20. The number of hydrogen-bond acceptors (Lipinski definition) is 3. The number of aryl methyl sites for hydroxylation is 1. The molecule has 22 heavy (non-hydrogen) atoms. The summed E-state index contributed by atoms with van der Waals surface area (Å²) in [5.74, 6) is 0. The molecule has 0 aliphatic rings. The normalized spacial score (nSPS) is 11.6. The third-order valence-electron chi connectivity index (χ3n) is 3.29. The van der Waals surface area contributed by atoms with Gasteiger partial charge in [-0.05, 0) is 30.7 Å². The van der Waals surface area contributed by atoms with Crippen LogP contribution in [-0.2, 0) is 16.6 Å². The summed E-state index contributed by atoms with van der Waals surface area (Å²) in [6.45, 7) is 6.65. The Balaban J connectivity index is 2.24. The van der Waals surface area contributed by atoms with Crippen LogP contribution in [0.2, 0.25) is 0 Å². The number of para-hydroxylation sites is 1. The molecule has 0 saturated carbocycles. The van der Waals surface area contributed by atoms with E-state index >= 15 is 0 Å². The zero-order valence-electron chi connectivity index (χ0n) is 13.1. The van der Waals surface area contributed by atoms with Crippen LogP contribution in [0.15, 0.2) is 53.4 Å². The van der Waals surface area contributed by atoms with Crippen LogP contribution in [-0.4, -0.2) is 14.5 Å². The molecule has 0 bridgehead atoms. The molecule has 0 aliphatic heterocycles. The first-order valence-electron chi connectivity index (χ1n) is 7.29. The molecule has 5 heteroatoms. The summed E-state index contributed by atoms with van der Waals surface area (Å²) in [5, 5.41) is 3.30. The van der Waals surface area contributed by atoms with Crippen LogP contribution in [0.5, 0.6) is 0 Å². The Bertz CT molecular complexity index is 723. The van der Waals surface area contributed by atoms with Gasteiger partial charge in [0.2, 0.25) is 0 Å². The van der Waals surface area contributed by atoms with Crippen molar-refractivity contribution >= 4 is 15.7 Å². The van der Waals surface area contributed by atoms with Gasteiger partial charge in [-0.15, -0.1) is 0 Å². The van der Waals surface area contributed by atoms with Gasteiger partial charge in [0.15, 0.2) is 0 Å². The molecule has 0 heterocycles. The highest BCUT2D eigenvalue weighted by Gasteiger charge is 2.15. The molecule has 0 spiro atoms. The van der Waals surface area contributed by atoms with Crippen LogP contribution in [0.25, 0.3) is 0 Å². The molecular weight excluding hydrogens is 296 g/mol. The standard InChI is InChI=1S/C17H22N2O2S/c1-13(2)18-12-15-6-4-5-7-17(15)19-22(20,21)16-10-8-14(3)9-11-16/h4-11,13,18-19H,12H2,1-3H3. The van der Waals surface area contributed by atoms with Gasteiger partial charge in [-0.1, -0.05) is 49.7 Å². The van der Waals surface area contributed by atoms with Gasteiger partial charge in [0.25, 0.3) is 10.0 Å². The lowest BCUT2D eigenvalue weighted by atomic mass is 10.2. The van der Waals surface area contributed by atoms with Crippen molar-refractivity contribution in [1.82, 2.24) is 5.32 Å². The Kier molecular flexibility index (Phi) is 5.21. The lowest BCUT2D eigenvalue weighted by Crippen LogP contribution is -2.23. The van der Waals surface area contributed by atoms with E-state index in [9.17, 15) is 8.42 Å². The predicted octanol–water partition coefficient (Wildman–Crippen LogP) is 3.29. The monoisotopic (exact) mass is 318 g/mol. The Morgan fingerprint density at radius 2 is 1.64 bits per heavy atom. The summed E-state index contributed by atoms with van der Waals surface area (Å²) in [7, 11) is -3.57. The molecule has 0 aromatic heterocycles. The van der Waals surface area contributed by atoms with Crippen LogP contribution in [0.4, 0.5) is 5.69 Å². The Morgan fingerprint density at radius 3 is 2.27 bits per heavy atom. The van der Waals surface area contributed by atoms with Crippen LogP contribution in [0.1, 0.15) is 25.0 Å². The summed E-state index contributed by atoms with van der Waals surface area (Å²) < 4.78 is 27.6. The fraction of sp³-hybridized carbons (Fsp3) is 0.294. The number of benzene rings is 2. The molecule has 0 fully saturated rings. The average Bonchev–Trinajstić information content (AvgIpc) is 2.46. The van der Waals surface area contributed by atoms with Crippen molar-refractivity contribution in [3.63, 3.8) is 0 Å². The Morgan fingerprint density at radius 1 is 1.00 bits per heavy atom. The van der Waals surface area contributed by atoms with Gasteiger partial charge in [-0.2, -0.15) is 0 Å². The van der Waals surface area contributed by atoms with Crippen molar-refractivity contribution < 1.29 is 8.42 Å². The molecule has 0 radical (unpaired) electrons. The summed E-state index contributed by atoms with van der Waals surface area (Å²) in [4.78, 5) is 0.268.